The summed E-state index contributed by atoms with van der Waals surface area (Å²) < 4.78 is 10.5. The van der Waals surface area contributed by atoms with Crippen molar-refractivity contribution in [3.05, 3.63) is 23.8 Å². The van der Waals surface area contributed by atoms with Gasteiger partial charge in [-0.3, -0.25) is 0 Å². The predicted molar refractivity (Wildman–Crippen MR) is 64.1 cm³/mol. The Morgan fingerprint density at radius 1 is 1.12 bits per heavy atom. The highest BCUT2D eigenvalue weighted by Crippen LogP contribution is 2.37. The summed E-state index contributed by atoms with van der Waals surface area (Å²) in [6.45, 7) is 0. The summed E-state index contributed by atoms with van der Waals surface area (Å²) in [5.41, 5.74) is 7.37. The molecule has 88 valence electrons. The van der Waals surface area contributed by atoms with Crippen LogP contribution in [0.4, 0.5) is 0 Å². The van der Waals surface area contributed by atoms with E-state index in [1.165, 1.54) is 18.4 Å². The van der Waals surface area contributed by atoms with Gasteiger partial charge in [0.2, 0.25) is 0 Å². The maximum atomic E-state index is 6.10. The lowest BCUT2D eigenvalue weighted by molar-refractivity contribution is 0.354. The minimum absolute atomic E-state index is 0.290. The molecule has 3 nitrogen and oxygen atoms in total. The number of hydrogen-bond donors (Lipinski definition) is 1. The molecule has 2 unspecified atom stereocenters. The normalized spacial score (nSPS) is 24.4. The van der Waals surface area contributed by atoms with E-state index < -0.39 is 0 Å². The average molecular weight is 221 g/mol. The van der Waals surface area contributed by atoms with Crippen molar-refractivity contribution in [1.29, 1.82) is 0 Å². The van der Waals surface area contributed by atoms with Crippen LogP contribution in [0.3, 0.4) is 0 Å². The van der Waals surface area contributed by atoms with Crippen LogP contribution in [0.15, 0.2) is 18.2 Å². The molecule has 0 saturated heterocycles. The Labute approximate surface area is 96.5 Å². The van der Waals surface area contributed by atoms with Crippen LogP contribution in [0, 0.1) is 0 Å². The van der Waals surface area contributed by atoms with E-state index in [4.69, 9.17) is 15.2 Å². The Balaban J connectivity index is 2.28. The lowest BCUT2D eigenvalue weighted by Gasteiger charge is -2.17. The summed E-state index contributed by atoms with van der Waals surface area (Å²) in [6, 6.07) is 6.39. The van der Waals surface area contributed by atoms with Crippen molar-refractivity contribution in [2.45, 2.75) is 31.2 Å². The molecule has 16 heavy (non-hydrogen) atoms. The second kappa shape index (κ2) is 4.74. The molecule has 0 aliphatic heterocycles. The summed E-state index contributed by atoms with van der Waals surface area (Å²) in [5.74, 6) is 2.04. The fourth-order valence-electron chi connectivity index (χ4n) is 2.49. The molecule has 0 heterocycles. The fourth-order valence-corrected chi connectivity index (χ4v) is 2.49. The van der Waals surface area contributed by atoms with Gasteiger partial charge in [0, 0.05) is 6.04 Å². The SMILES string of the molecule is COc1ccc(C2CCCC2N)cc1OC. The molecule has 0 amide bonds. The van der Waals surface area contributed by atoms with Gasteiger partial charge in [-0.25, -0.2) is 0 Å². The van der Waals surface area contributed by atoms with E-state index in [9.17, 15) is 0 Å². The largest absolute Gasteiger partial charge is 0.493 e. The minimum Gasteiger partial charge on any atom is -0.493 e. The number of methoxy groups -OCH3 is 2. The first-order valence-electron chi connectivity index (χ1n) is 5.73. The second-order valence-electron chi connectivity index (χ2n) is 4.32. The Kier molecular flexibility index (Phi) is 3.34. The van der Waals surface area contributed by atoms with Crippen LogP contribution in [-0.2, 0) is 0 Å². The highest BCUT2D eigenvalue weighted by atomic mass is 16.5. The number of hydrogen-bond acceptors (Lipinski definition) is 3. The van der Waals surface area contributed by atoms with Crippen molar-refractivity contribution < 1.29 is 9.47 Å². The van der Waals surface area contributed by atoms with E-state index in [1.54, 1.807) is 14.2 Å². The first-order chi connectivity index (χ1) is 7.76. The van der Waals surface area contributed by atoms with Gasteiger partial charge in [-0.15, -0.1) is 0 Å². The van der Waals surface area contributed by atoms with Gasteiger partial charge in [0.1, 0.15) is 0 Å². The zero-order chi connectivity index (χ0) is 11.5. The predicted octanol–water partition coefficient (Wildman–Crippen LogP) is 2.30. The van der Waals surface area contributed by atoms with E-state index >= 15 is 0 Å². The average Bonchev–Trinajstić information content (AvgIpc) is 2.74. The molecule has 2 rings (SSSR count). The Bertz CT molecular complexity index is 365. The van der Waals surface area contributed by atoms with Gasteiger partial charge in [0.05, 0.1) is 14.2 Å². The van der Waals surface area contributed by atoms with Crippen molar-refractivity contribution in [1.82, 2.24) is 0 Å². The first-order valence-corrected chi connectivity index (χ1v) is 5.73. The molecule has 0 bridgehead atoms. The fraction of sp³-hybridized carbons (Fsp3) is 0.538. The highest BCUT2D eigenvalue weighted by Gasteiger charge is 2.26. The third-order valence-electron chi connectivity index (χ3n) is 3.41. The van der Waals surface area contributed by atoms with Crippen molar-refractivity contribution in [2.75, 3.05) is 14.2 Å². The molecule has 1 fully saturated rings. The van der Waals surface area contributed by atoms with Crippen LogP contribution in [0.25, 0.3) is 0 Å². The molecule has 0 radical (unpaired) electrons. The number of benzene rings is 1. The molecule has 1 aliphatic rings. The molecular weight excluding hydrogens is 202 g/mol. The van der Waals surface area contributed by atoms with Crippen LogP contribution < -0.4 is 15.2 Å². The summed E-state index contributed by atoms with van der Waals surface area (Å²) >= 11 is 0. The zero-order valence-corrected chi connectivity index (χ0v) is 9.90. The summed E-state index contributed by atoms with van der Waals surface area (Å²) in [6.07, 6.45) is 3.52. The van der Waals surface area contributed by atoms with E-state index in [-0.39, 0.29) is 6.04 Å². The summed E-state index contributed by atoms with van der Waals surface area (Å²) in [4.78, 5) is 0. The standard InChI is InChI=1S/C13H19NO2/c1-15-12-7-6-9(8-13(12)16-2)10-4-3-5-11(10)14/h6-8,10-11H,3-5,14H2,1-2H3. The number of nitrogens with two attached hydrogens (primary N) is 1. The van der Waals surface area contributed by atoms with Gasteiger partial charge in [0.15, 0.2) is 11.5 Å². The topological polar surface area (TPSA) is 44.5 Å². The van der Waals surface area contributed by atoms with Crippen LogP contribution in [0.2, 0.25) is 0 Å². The Hall–Kier alpha value is -1.22. The first kappa shape index (κ1) is 11.3. The maximum Gasteiger partial charge on any atom is 0.160 e. The van der Waals surface area contributed by atoms with Crippen LogP contribution in [0.5, 0.6) is 11.5 Å². The minimum atomic E-state index is 0.290. The third-order valence-corrected chi connectivity index (χ3v) is 3.41. The van der Waals surface area contributed by atoms with E-state index in [0.29, 0.717) is 5.92 Å². The number of ether oxygens (including phenoxy) is 2. The van der Waals surface area contributed by atoms with Gasteiger partial charge in [0.25, 0.3) is 0 Å². The molecule has 2 N–H and O–H groups in total. The van der Waals surface area contributed by atoms with Crippen molar-refractivity contribution in [3.8, 4) is 11.5 Å². The monoisotopic (exact) mass is 221 g/mol. The van der Waals surface area contributed by atoms with Crippen LogP contribution >= 0.6 is 0 Å². The number of rotatable bonds is 3. The summed E-state index contributed by atoms with van der Waals surface area (Å²) in [5, 5.41) is 0. The molecule has 0 aromatic heterocycles. The Morgan fingerprint density at radius 3 is 2.44 bits per heavy atom. The van der Waals surface area contributed by atoms with Gasteiger partial charge in [-0.2, -0.15) is 0 Å². The van der Waals surface area contributed by atoms with Crippen molar-refractivity contribution in [3.63, 3.8) is 0 Å². The van der Waals surface area contributed by atoms with E-state index in [1.807, 2.05) is 6.07 Å². The lowest BCUT2D eigenvalue weighted by atomic mass is 9.94. The summed E-state index contributed by atoms with van der Waals surface area (Å²) in [7, 11) is 3.31. The smallest absolute Gasteiger partial charge is 0.160 e. The van der Waals surface area contributed by atoms with Crippen LogP contribution in [0.1, 0.15) is 30.7 Å². The van der Waals surface area contributed by atoms with Crippen LogP contribution in [-0.4, -0.2) is 20.3 Å². The molecule has 1 aromatic carbocycles. The molecule has 1 saturated carbocycles. The van der Waals surface area contributed by atoms with Gasteiger partial charge >= 0.3 is 0 Å². The maximum absolute atomic E-state index is 6.10. The quantitative estimate of drug-likeness (QED) is 0.851. The van der Waals surface area contributed by atoms with Gasteiger partial charge < -0.3 is 15.2 Å². The van der Waals surface area contributed by atoms with Crippen molar-refractivity contribution >= 4 is 0 Å². The molecular formula is C13H19NO2. The van der Waals surface area contributed by atoms with Gasteiger partial charge in [-0.05, 0) is 36.5 Å². The second-order valence-corrected chi connectivity index (χ2v) is 4.32. The molecule has 1 aliphatic carbocycles. The van der Waals surface area contributed by atoms with Gasteiger partial charge in [-0.1, -0.05) is 12.5 Å². The van der Waals surface area contributed by atoms with E-state index in [0.717, 1.165) is 17.9 Å². The van der Waals surface area contributed by atoms with Crippen molar-refractivity contribution in [2.24, 2.45) is 5.73 Å². The third kappa shape index (κ3) is 2.00. The molecule has 0 spiro atoms. The van der Waals surface area contributed by atoms with E-state index in [2.05, 4.69) is 12.1 Å². The molecule has 2 atom stereocenters. The molecule has 1 aromatic rings. The zero-order valence-electron chi connectivity index (χ0n) is 9.90. The molecule has 3 heteroatoms. The lowest BCUT2D eigenvalue weighted by Crippen LogP contribution is -2.22. The highest BCUT2D eigenvalue weighted by molar-refractivity contribution is 5.44. The Morgan fingerprint density at radius 2 is 1.88 bits per heavy atom.